The molecule has 23 heavy (non-hydrogen) atoms. The second-order valence-corrected chi connectivity index (χ2v) is 5.42. The lowest BCUT2D eigenvalue weighted by Crippen LogP contribution is -2.28. The summed E-state index contributed by atoms with van der Waals surface area (Å²) in [4.78, 5) is 14.6. The molecule has 4 N–H and O–H groups in total. The Labute approximate surface area is 146 Å². The first-order valence-corrected chi connectivity index (χ1v) is 7.26. The number of aromatic nitrogens is 1. The smallest absolute Gasteiger partial charge is 0.337 e. The van der Waals surface area contributed by atoms with Crippen molar-refractivity contribution in [3.8, 4) is 6.07 Å². The molecular weight excluding hydrogens is 361 g/mol. The second-order valence-electron chi connectivity index (χ2n) is 4.29. The molecule has 1 heterocycles. The Hall–Kier alpha value is -2.33. The van der Waals surface area contributed by atoms with Gasteiger partial charge in [-0.2, -0.15) is 15.3 Å². The van der Waals surface area contributed by atoms with Gasteiger partial charge in [0.05, 0.1) is 23.5 Å². The van der Waals surface area contributed by atoms with Crippen molar-refractivity contribution in [2.24, 2.45) is 5.10 Å². The first kappa shape index (κ1) is 17.0. The minimum atomic E-state index is -0.634. The zero-order valence-electron chi connectivity index (χ0n) is 11.4. The SMILES string of the molecule is N#Cc1ccc(/C=N\NC(=O)c2[nH+]c(Cl)c(Cl)c(N)c2Cl)cc1. The van der Waals surface area contributed by atoms with Crippen LogP contribution in [-0.2, 0) is 0 Å². The van der Waals surface area contributed by atoms with Gasteiger partial charge < -0.3 is 5.73 Å². The van der Waals surface area contributed by atoms with Gasteiger partial charge in [-0.05, 0) is 29.3 Å². The summed E-state index contributed by atoms with van der Waals surface area (Å²) in [5.74, 6) is -0.634. The van der Waals surface area contributed by atoms with Crippen molar-refractivity contribution in [2.45, 2.75) is 0 Å². The zero-order valence-corrected chi connectivity index (χ0v) is 13.7. The molecule has 0 saturated heterocycles. The highest BCUT2D eigenvalue weighted by molar-refractivity contribution is 6.45. The number of nitrogens with zero attached hydrogens (tertiary/aromatic N) is 2. The van der Waals surface area contributed by atoms with E-state index in [2.05, 4.69) is 15.5 Å². The molecule has 0 fully saturated rings. The van der Waals surface area contributed by atoms with Crippen LogP contribution in [-0.4, -0.2) is 12.1 Å². The van der Waals surface area contributed by atoms with Crippen LogP contribution in [0.1, 0.15) is 21.6 Å². The van der Waals surface area contributed by atoms with Gasteiger partial charge in [-0.1, -0.05) is 35.3 Å². The Balaban J connectivity index is 2.13. The molecule has 0 bridgehead atoms. The molecular formula is C14H9Cl3N5O+. The van der Waals surface area contributed by atoms with E-state index in [0.29, 0.717) is 11.1 Å². The lowest BCUT2D eigenvalue weighted by molar-refractivity contribution is -0.379. The van der Waals surface area contributed by atoms with Crippen molar-refractivity contribution in [1.29, 1.82) is 5.26 Å². The summed E-state index contributed by atoms with van der Waals surface area (Å²) in [6.45, 7) is 0. The first-order valence-electron chi connectivity index (χ1n) is 6.13. The molecule has 9 heteroatoms. The van der Waals surface area contributed by atoms with Crippen molar-refractivity contribution < 1.29 is 9.78 Å². The van der Waals surface area contributed by atoms with Crippen LogP contribution in [0, 0.1) is 11.3 Å². The van der Waals surface area contributed by atoms with Gasteiger partial charge in [0.2, 0.25) is 0 Å². The predicted octanol–water partition coefficient (Wildman–Crippen LogP) is 2.68. The van der Waals surface area contributed by atoms with Crippen LogP contribution in [0.4, 0.5) is 5.69 Å². The Morgan fingerprint density at radius 1 is 1.26 bits per heavy atom. The van der Waals surface area contributed by atoms with Gasteiger partial charge in [0.1, 0.15) is 10.0 Å². The number of carbonyl (C=O) groups is 1. The van der Waals surface area contributed by atoms with Gasteiger partial charge in [0.25, 0.3) is 10.8 Å². The fourth-order valence-electron chi connectivity index (χ4n) is 1.59. The minimum Gasteiger partial charge on any atom is -0.396 e. The summed E-state index contributed by atoms with van der Waals surface area (Å²) in [7, 11) is 0. The number of amides is 1. The summed E-state index contributed by atoms with van der Waals surface area (Å²) in [5, 5.41) is 12.5. The van der Waals surface area contributed by atoms with Gasteiger partial charge in [0.15, 0.2) is 0 Å². The molecule has 2 rings (SSSR count). The number of nitriles is 1. The highest BCUT2D eigenvalue weighted by Crippen LogP contribution is 2.31. The zero-order chi connectivity index (χ0) is 17.0. The van der Waals surface area contributed by atoms with Crippen LogP contribution in [0.25, 0.3) is 0 Å². The van der Waals surface area contributed by atoms with Crippen molar-refractivity contribution >= 4 is 52.6 Å². The van der Waals surface area contributed by atoms with Gasteiger partial charge in [-0.15, -0.1) is 0 Å². The van der Waals surface area contributed by atoms with Gasteiger partial charge >= 0.3 is 5.91 Å². The summed E-state index contributed by atoms with van der Waals surface area (Å²) in [6, 6.07) is 8.64. The number of benzene rings is 1. The molecule has 0 saturated carbocycles. The van der Waals surface area contributed by atoms with E-state index in [1.54, 1.807) is 24.3 Å². The Morgan fingerprint density at radius 2 is 1.91 bits per heavy atom. The lowest BCUT2D eigenvalue weighted by Gasteiger charge is -2.02. The topological polar surface area (TPSA) is 105 Å². The van der Waals surface area contributed by atoms with Gasteiger partial charge in [0, 0.05) is 0 Å². The Bertz CT molecular complexity index is 828. The minimum absolute atomic E-state index is 0.00157. The third-order valence-electron chi connectivity index (χ3n) is 2.77. The number of pyridine rings is 1. The number of hydrogen-bond acceptors (Lipinski definition) is 4. The van der Waals surface area contributed by atoms with E-state index in [4.69, 9.17) is 45.8 Å². The van der Waals surface area contributed by atoms with Crippen molar-refractivity contribution in [3.05, 3.63) is 56.3 Å². The van der Waals surface area contributed by atoms with Gasteiger partial charge in [-0.25, -0.2) is 5.43 Å². The molecule has 6 nitrogen and oxygen atoms in total. The lowest BCUT2D eigenvalue weighted by atomic mass is 10.2. The number of nitrogens with one attached hydrogen (secondary N) is 2. The summed E-state index contributed by atoms with van der Waals surface area (Å²) >= 11 is 17.6. The molecule has 0 aliphatic rings. The van der Waals surface area contributed by atoms with Crippen LogP contribution >= 0.6 is 34.8 Å². The number of nitrogen functional groups attached to an aromatic ring is 1. The molecule has 0 unspecified atom stereocenters. The Kier molecular flexibility index (Phi) is 5.40. The highest BCUT2D eigenvalue weighted by atomic mass is 35.5. The second kappa shape index (κ2) is 7.29. The van der Waals surface area contributed by atoms with Crippen molar-refractivity contribution in [2.75, 3.05) is 5.73 Å². The quantitative estimate of drug-likeness (QED) is 0.493. The monoisotopic (exact) mass is 368 g/mol. The fraction of sp³-hybridized carbons (Fsp3) is 0. The number of nitrogens with two attached hydrogens (primary N) is 1. The van der Waals surface area contributed by atoms with Crippen molar-refractivity contribution in [3.63, 3.8) is 0 Å². The average Bonchev–Trinajstić information content (AvgIpc) is 2.56. The third kappa shape index (κ3) is 3.90. The number of aromatic amines is 1. The van der Waals surface area contributed by atoms with Crippen LogP contribution < -0.4 is 16.1 Å². The molecule has 0 aliphatic carbocycles. The van der Waals surface area contributed by atoms with E-state index in [1.807, 2.05) is 6.07 Å². The van der Waals surface area contributed by atoms with E-state index in [0.717, 1.165) is 0 Å². The van der Waals surface area contributed by atoms with E-state index in [-0.39, 0.29) is 26.6 Å². The van der Waals surface area contributed by atoms with Crippen LogP contribution in [0.3, 0.4) is 0 Å². The predicted molar refractivity (Wildman–Crippen MR) is 88.7 cm³/mol. The maximum atomic E-state index is 12.0. The summed E-state index contributed by atoms with van der Waals surface area (Å²) < 4.78 is 0. The molecule has 1 amide bonds. The van der Waals surface area contributed by atoms with Crippen LogP contribution in [0.5, 0.6) is 0 Å². The molecule has 0 spiro atoms. The highest BCUT2D eigenvalue weighted by Gasteiger charge is 2.25. The van der Waals surface area contributed by atoms with E-state index >= 15 is 0 Å². The maximum absolute atomic E-state index is 12.0. The first-order chi connectivity index (χ1) is 10.9. The van der Waals surface area contributed by atoms with Gasteiger partial charge in [-0.3, -0.25) is 4.79 Å². The van der Waals surface area contributed by atoms with Crippen LogP contribution in [0.15, 0.2) is 29.4 Å². The molecule has 2 aromatic rings. The summed E-state index contributed by atoms with van der Waals surface area (Å²) in [5.41, 5.74) is 9.11. The summed E-state index contributed by atoms with van der Waals surface area (Å²) in [6.07, 6.45) is 1.41. The number of hydrogen-bond donors (Lipinski definition) is 2. The van der Waals surface area contributed by atoms with Crippen LogP contribution in [0.2, 0.25) is 15.2 Å². The molecule has 0 atom stereocenters. The number of H-pyrrole nitrogens is 1. The Morgan fingerprint density at radius 3 is 2.52 bits per heavy atom. The number of hydrazone groups is 1. The molecule has 1 aromatic carbocycles. The number of halogens is 3. The average molecular weight is 370 g/mol. The van der Waals surface area contributed by atoms with Crippen molar-refractivity contribution in [1.82, 2.24) is 5.43 Å². The standard InChI is InChI=1S/C14H8Cl3N5O/c15-9-11(19)10(16)13(17)21-12(9)14(23)22-20-6-8-3-1-7(5-18)2-4-8/h1-4,6H,(H2,19,21)(H,22,23)/p+1/b20-6-. The molecule has 0 radical (unpaired) electrons. The molecule has 116 valence electrons. The number of anilines is 1. The van der Waals surface area contributed by atoms with E-state index in [1.165, 1.54) is 6.21 Å². The fourth-order valence-corrected chi connectivity index (χ4v) is 2.20. The largest absolute Gasteiger partial charge is 0.396 e. The number of carbonyl (C=O) groups excluding carboxylic acids is 1. The third-order valence-corrected chi connectivity index (χ3v) is 3.93. The molecule has 0 aliphatic heterocycles. The normalized spacial score (nSPS) is 10.5. The van der Waals surface area contributed by atoms with E-state index in [9.17, 15) is 4.79 Å². The number of rotatable bonds is 3. The van der Waals surface area contributed by atoms with E-state index < -0.39 is 5.91 Å². The molecule has 1 aromatic heterocycles. The maximum Gasteiger partial charge on any atom is 0.337 e.